The van der Waals surface area contributed by atoms with E-state index in [0.29, 0.717) is 19.6 Å². The quantitative estimate of drug-likeness (QED) is 0.620. The number of rotatable bonds is 8. The average molecular weight is 218 g/mol. The minimum Gasteiger partial charge on any atom is -0.481 e. The van der Waals surface area contributed by atoms with Crippen molar-refractivity contribution in [3.05, 3.63) is 0 Å². The molecule has 0 aliphatic carbocycles. The molecule has 0 heterocycles. The van der Waals surface area contributed by atoms with Gasteiger partial charge in [0.2, 0.25) is 0 Å². The van der Waals surface area contributed by atoms with Gasteiger partial charge in [-0.25, -0.2) is 0 Å². The fourth-order valence-electron chi connectivity index (χ4n) is 0.938. The molecule has 0 aromatic carbocycles. The Labute approximate surface area is 89.4 Å². The van der Waals surface area contributed by atoms with E-state index in [1.807, 2.05) is 13.8 Å². The maximum atomic E-state index is 11.1. The Morgan fingerprint density at radius 3 is 2.40 bits per heavy atom. The molecule has 0 aromatic heterocycles. The van der Waals surface area contributed by atoms with Gasteiger partial charge in [-0.1, -0.05) is 6.92 Å². The summed E-state index contributed by atoms with van der Waals surface area (Å²) in [4.78, 5) is 21.3. The molecule has 1 unspecified atom stereocenters. The summed E-state index contributed by atoms with van der Waals surface area (Å²) in [5.41, 5.74) is 0. The molecule has 1 atom stereocenters. The Kier molecular flexibility index (Phi) is 7.62. The first kappa shape index (κ1) is 13.9. The van der Waals surface area contributed by atoms with Crippen LogP contribution in [0.15, 0.2) is 0 Å². The van der Waals surface area contributed by atoms with Gasteiger partial charge >= 0.3 is 11.9 Å². The van der Waals surface area contributed by atoms with E-state index < -0.39 is 11.9 Å². The van der Waals surface area contributed by atoms with Gasteiger partial charge in [-0.2, -0.15) is 0 Å². The third-order valence-electron chi connectivity index (χ3n) is 1.80. The van der Waals surface area contributed by atoms with Crippen LogP contribution in [0.25, 0.3) is 0 Å². The SMILES string of the molecule is CCOCC(CC)OC(=O)CCC(=O)O. The smallest absolute Gasteiger partial charge is 0.306 e. The van der Waals surface area contributed by atoms with Crippen LogP contribution in [0, 0.1) is 0 Å². The lowest BCUT2D eigenvalue weighted by Crippen LogP contribution is -2.23. The molecule has 0 aliphatic heterocycles. The van der Waals surface area contributed by atoms with Crippen molar-refractivity contribution in [3.63, 3.8) is 0 Å². The molecule has 88 valence electrons. The maximum absolute atomic E-state index is 11.1. The summed E-state index contributed by atoms with van der Waals surface area (Å²) in [5.74, 6) is -1.48. The zero-order valence-electron chi connectivity index (χ0n) is 9.19. The van der Waals surface area contributed by atoms with E-state index in [9.17, 15) is 9.59 Å². The van der Waals surface area contributed by atoms with Gasteiger partial charge in [0.25, 0.3) is 0 Å². The fourth-order valence-corrected chi connectivity index (χ4v) is 0.938. The summed E-state index contributed by atoms with van der Waals surface area (Å²) in [6.07, 6.45) is 0.118. The van der Waals surface area contributed by atoms with Crippen molar-refractivity contribution < 1.29 is 24.2 Å². The summed E-state index contributed by atoms with van der Waals surface area (Å²) < 4.78 is 10.1. The lowest BCUT2D eigenvalue weighted by Gasteiger charge is -2.15. The zero-order chi connectivity index (χ0) is 11.7. The van der Waals surface area contributed by atoms with Crippen LogP contribution in [0.2, 0.25) is 0 Å². The fraction of sp³-hybridized carbons (Fsp3) is 0.800. The van der Waals surface area contributed by atoms with Gasteiger partial charge in [-0.15, -0.1) is 0 Å². The lowest BCUT2D eigenvalue weighted by atomic mass is 10.3. The standard InChI is InChI=1S/C10H18O5/c1-3-8(7-14-4-2)15-10(13)6-5-9(11)12/h8H,3-7H2,1-2H3,(H,11,12). The van der Waals surface area contributed by atoms with Crippen LogP contribution in [-0.2, 0) is 19.1 Å². The molecule has 5 nitrogen and oxygen atoms in total. The Hall–Kier alpha value is -1.10. The van der Waals surface area contributed by atoms with Crippen LogP contribution in [0.5, 0.6) is 0 Å². The van der Waals surface area contributed by atoms with Gasteiger partial charge in [0.05, 0.1) is 19.4 Å². The number of aliphatic carboxylic acids is 1. The number of carboxylic acid groups (broad SMARTS) is 1. The molecule has 0 aromatic rings. The molecule has 15 heavy (non-hydrogen) atoms. The monoisotopic (exact) mass is 218 g/mol. The molecule has 0 spiro atoms. The maximum Gasteiger partial charge on any atom is 0.306 e. The predicted octanol–water partition coefficient (Wildman–Crippen LogP) is 1.21. The van der Waals surface area contributed by atoms with Gasteiger partial charge in [0.1, 0.15) is 6.10 Å². The van der Waals surface area contributed by atoms with E-state index in [4.69, 9.17) is 14.6 Å². The number of carboxylic acids is 1. The molecule has 0 saturated carbocycles. The van der Waals surface area contributed by atoms with Crippen molar-refractivity contribution in [1.29, 1.82) is 0 Å². The van der Waals surface area contributed by atoms with Crippen LogP contribution < -0.4 is 0 Å². The van der Waals surface area contributed by atoms with Gasteiger partial charge in [0.15, 0.2) is 0 Å². The number of ether oxygens (including phenoxy) is 2. The minimum atomic E-state index is -0.996. The van der Waals surface area contributed by atoms with Crippen molar-refractivity contribution in [1.82, 2.24) is 0 Å². The van der Waals surface area contributed by atoms with Crippen molar-refractivity contribution in [2.75, 3.05) is 13.2 Å². The van der Waals surface area contributed by atoms with Gasteiger partial charge < -0.3 is 14.6 Å². The molecule has 0 radical (unpaired) electrons. The largest absolute Gasteiger partial charge is 0.481 e. The number of carbonyl (C=O) groups excluding carboxylic acids is 1. The normalized spacial score (nSPS) is 12.1. The van der Waals surface area contributed by atoms with Crippen molar-refractivity contribution in [2.45, 2.75) is 39.2 Å². The van der Waals surface area contributed by atoms with Crippen molar-refractivity contribution >= 4 is 11.9 Å². The van der Waals surface area contributed by atoms with Crippen molar-refractivity contribution in [2.24, 2.45) is 0 Å². The molecule has 1 N–H and O–H groups in total. The second-order valence-electron chi connectivity index (χ2n) is 3.07. The van der Waals surface area contributed by atoms with Gasteiger partial charge in [-0.05, 0) is 13.3 Å². The minimum absolute atomic E-state index is 0.0854. The molecule has 0 rings (SSSR count). The van der Waals surface area contributed by atoms with E-state index in [0.717, 1.165) is 0 Å². The highest BCUT2D eigenvalue weighted by Gasteiger charge is 2.13. The Morgan fingerprint density at radius 2 is 1.93 bits per heavy atom. The molecule has 0 saturated heterocycles. The lowest BCUT2D eigenvalue weighted by molar-refractivity contribution is -0.154. The van der Waals surface area contributed by atoms with Crippen LogP contribution in [-0.4, -0.2) is 36.4 Å². The molecular weight excluding hydrogens is 200 g/mol. The van der Waals surface area contributed by atoms with E-state index in [1.165, 1.54) is 0 Å². The second kappa shape index (κ2) is 8.23. The first-order valence-electron chi connectivity index (χ1n) is 5.09. The van der Waals surface area contributed by atoms with Crippen LogP contribution >= 0.6 is 0 Å². The van der Waals surface area contributed by atoms with Crippen LogP contribution in [0.4, 0.5) is 0 Å². The highest BCUT2D eigenvalue weighted by molar-refractivity contribution is 5.76. The molecule has 0 bridgehead atoms. The first-order valence-corrected chi connectivity index (χ1v) is 5.09. The average Bonchev–Trinajstić information content (AvgIpc) is 2.21. The molecule has 0 aliphatic rings. The third-order valence-corrected chi connectivity index (χ3v) is 1.80. The highest BCUT2D eigenvalue weighted by atomic mass is 16.6. The van der Waals surface area contributed by atoms with E-state index in [1.54, 1.807) is 0 Å². The number of hydrogen-bond donors (Lipinski definition) is 1. The second-order valence-corrected chi connectivity index (χ2v) is 3.07. The summed E-state index contributed by atoms with van der Waals surface area (Å²) in [7, 11) is 0. The van der Waals surface area contributed by atoms with Crippen LogP contribution in [0.3, 0.4) is 0 Å². The molecule has 5 heteroatoms. The molecule has 0 amide bonds. The number of esters is 1. The zero-order valence-corrected chi connectivity index (χ0v) is 9.19. The summed E-state index contributed by atoms with van der Waals surface area (Å²) in [6, 6.07) is 0. The Balaban J connectivity index is 3.74. The van der Waals surface area contributed by atoms with Gasteiger partial charge in [-0.3, -0.25) is 9.59 Å². The summed E-state index contributed by atoms with van der Waals surface area (Å²) >= 11 is 0. The number of hydrogen-bond acceptors (Lipinski definition) is 4. The highest BCUT2D eigenvalue weighted by Crippen LogP contribution is 2.02. The van der Waals surface area contributed by atoms with Crippen molar-refractivity contribution in [3.8, 4) is 0 Å². The summed E-state index contributed by atoms with van der Waals surface area (Å²) in [6.45, 7) is 4.68. The van der Waals surface area contributed by atoms with E-state index in [-0.39, 0.29) is 18.9 Å². The topological polar surface area (TPSA) is 72.8 Å². The Morgan fingerprint density at radius 1 is 1.27 bits per heavy atom. The first-order chi connectivity index (χ1) is 7.10. The van der Waals surface area contributed by atoms with E-state index >= 15 is 0 Å². The molecule has 0 fully saturated rings. The van der Waals surface area contributed by atoms with Gasteiger partial charge in [0, 0.05) is 6.61 Å². The predicted molar refractivity (Wildman–Crippen MR) is 53.5 cm³/mol. The Bertz CT molecular complexity index is 202. The summed E-state index contributed by atoms with van der Waals surface area (Å²) in [5, 5.41) is 8.36. The number of carbonyl (C=O) groups is 2. The molecular formula is C10H18O5. The van der Waals surface area contributed by atoms with E-state index in [2.05, 4.69) is 0 Å². The van der Waals surface area contributed by atoms with Crippen LogP contribution in [0.1, 0.15) is 33.1 Å². The third kappa shape index (κ3) is 7.93.